The van der Waals surface area contributed by atoms with Crippen LogP contribution in [0.15, 0.2) is 30.3 Å². The highest BCUT2D eigenvalue weighted by Gasteiger charge is 2.34. The SMILES string of the molecule is CN(C)c1cc(C(F)(F)F)nc(NCC2CCOc3ccccc32)n1. The van der Waals surface area contributed by atoms with E-state index in [2.05, 4.69) is 15.3 Å². The molecule has 8 heteroatoms. The standard InChI is InChI=1S/C17H19F3N4O/c1-24(2)15-9-14(17(18,19)20)22-16(23-15)21-10-11-7-8-25-13-6-4-3-5-12(11)13/h3-6,9,11H,7-8,10H2,1-2H3,(H,21,22,23). The smallest absolute Gasteiger partial charge is 0.433 e. The Kier molecular flexibility index (Phi) is 4.69. The number of fused-ring (bicyclic) bond motifs is 1. The van der Waals surface area contributed by atoms with Gasteiger partial charge in [0.05, 0.1) is 6.61 Å². The van der Waals surface area contributed by atoms with Crippen LogP contribution >= 0.6 is 0 Å². The number of anilines is 2. The first-order chi connectivity index (χ1) is 11.8. The second kappa shape index (κ2) is 6.78. The molecule has 0 fully saturated rings. The first-order valence-corrected chi connectivity index (χ1v) is 7.94. The number of benzene rings is 1. The molecule has 3 rings (SSSR count). The number of nitrogens with one attached hydrogen (secondary N) is 1. The van der Waals surface area contributed by atoms with Crippen molar-refractivity contribution in [3.8, 4) is 5.75 Å². The van der Waals surface area contributed by atoms with E-state index in [0.29, 0.717) is 13.2 Å². The predicted molar refractivity (Wildman–Crippen MR) is 89.1 cm³/mol. The number of halogens is 3. The lowest BCUT2D eigenvalue weighted by Crippen LogP contribution is -2.23. The lowest BCUT2D eigenvalue weighted by atomic mass is 9.93. The van der Waals surface area contributed by atoms with E-state index in [-0.39, 0.29) is 17.7 Å². The van der Waals surface area contributed by atoms with E-state index in [1.54, 1.807) is 14.1 Å². The predicted octanol–water partition coefficient (Wildman–Crippen LogP) is 3.54. The first-order valence-electron chi connectivity index (χ1n) is 7.94. The molecule has 2 aromatic rings. The number of hydrogen-bond acceptors (Lipinski definition) is 5. The Bertz CT molecular complexity index is 749. The molecule has 0 aliphatic carbocycles. The molecular weight excluding hydrogens is 333 g/mol. The highest BCUT2D eigenvalue weighted by Crippen LogP contribution is 2.34. The molecule has 0 radical (unpaired) electrons. The summed E-state index contributed by atoms with van der Waals surface area (Å²) in [6, 6.07) is 8.62. The van der Waals surface area contributed by atoms with E-state index in [1.165, 1.54) is 4.90 Å². The van der Waals surface area contributed by atoms with Gasteiger partial charge in [-0.2, -0.15) is 18.2 Å². The van der Waals surface area contributed by atoms with Gasteiger partial charge in [0.15, 0.2) is 5.69 Å². The van der Waals surface area contributed by atoms with E-state index in [0.717, 1.165) is 23.8 Å². The van der Waals surface area contributed by atoms with Crippen molar-refractivity contribution < 1.29 is 17.9 Å². The third-order valence-corrected chi connectivity index (χ3v) is 4.05. The fraction of sp³-hybridized carbons (Fsp3) is 0.412. The second-order valence-electron chi connectivity index (χ2n) is 6.08. The molecule has 0 amide bonds. The molecule has 1 N–H and O–H groups in total. The van der Waals surface area contributed by atoms with Crippen molar-refractivity contribution >= 4 is 11.8 Å². The average Bonchev–Trinajstić information content (AvgIpc) is 2.59. The molecule has 1 aromatic carbocycles. The molecule has 0 bridgehead atoms. The van der Waals surface area contributed by atoms with Crippen LogP contribution < -0.4 is 15.0 Å². The Morgan fingerprint density at radius 3 is 2.72 bits per heavy atom. The van der Waals surface area contributed by atoms with Crippen LogP contribution in [-0.4, -0.2) is 37.2 Å². The summed E-state index contributed by atoms with van der Waals surface area (Å²) in [5.74, 6) is 1.13. The number of ether oxygens (including phenoxy) is 1. The summed E-state index contributed by atoms with van der Waals surface area (Å²) in [6.45, 7) is 1.02. The van der Waals surface area contributed by atoms with Gasteiger partial charge >= 0.3 is 6.18 Å². The summed E-state index contributed by atoms with van der Waals surface area (Å²) in [5.41, 5.74) is 0.0853. The molecule has 1 aromatic heterocycles. The van der Waals surface area contributed by atoms with Crippen LogP contribution in [0.3, 0.4) is 0 Å². The Labute approximate surface area is 143 Å². The maximum absolute atomic E-state index is 13.1. The molecule has 5 nitrogen and oxygen atoms in total. The lowest BCUT2D eigenvalue weighted by molar-refractivity contribution is -0.141. The van der Waals surface area contributed by atoms with Gasteiger partial charge in [-0.3, -0.25) is 0 Å². The minimum absolute atomic E-state index is 0.0255. The Hall–Kier alpha value is -2.51. The van der Waals surface area contributed by atoms with E-state index >= 15 is 0 Å². The number of aromatic nitrogens is 2. The zero-order valence-electron chi connectivity index (χ0n) is 14.0. The van der Waals surface area contributed by atoms with Crippen LogP contribution in [0.4, 0.5) is 24.9 Å². The first kappa shape index (κ1) is 17.3. The van der Waals surface area contributed by atoms with Gasteiger partial charge in [0.25, 0.3) is 0 Å². The van der Waals surface area contributed by atoms with Gasteiger partial charge in [-0.05, 0) is 18.1 Å². The van der Waals surface area contributed by atoms with Gasteiger partial charge in [-0.15, -0.1) is 0 Å². The summed E-state index contributed by atoms with van der Waals surface area (Å²) in [4.78, 5) is 9.30. The molecule has 1 unspecified atom stereocenters. The van der Waals surface area contributed by atoms with Gasteiger partial charge in [0.1, 0.15) is 11.6 Å². The van der Waals surface area contributed by atoms with E-state index in [1.807, 2.05) is 24.3 Å². The van der Waals surface area contributed by atoms with Crippen LogP contribution in [0.2, 0.25) is 0 Å². The molecule has 1 atom stereocenters. The summed E-state index contributed by atoms with van der Waals surface area (Å²) in [6.07, 6.45) is -3.74. The molecule has 1 aliphatic heterocycles. The Morgan fingerprint density at radius 1 is 1.24 bits per heavy atom. The number of rotatable bonds is 4. The normalized spacial score (nSPS) is 16.8. The van der Waals surface area contributed by atoms with Crippen molar-refractivity contribution in [2.45, 2.75) is 18.5 Å². The minimum atomic E-state index is -4.52. The summed E-state index contributed by atoms with van der Waals surface area (Å²) >= 11 is 0. The van der Waals surface area contributed by atoms with Crippen molar-refractivity contribution in [3.63, 3.8) is 0 Å². The topological polar surface area (TPSA) is 50.3 Å². The summed E-state index contributed by atoms with van der Waals surface area (Å²) < 4.78 is 44.8. The van der Waals surface area contributed by atoms with Crippen LogP contribution in [-0.2, 0) is 6.18 Å². The van der Waals surface area contributed by atoms with Crippen molar-refractivity contribution in [3.05, 3.63) is 41.6 Å². The van der Waals surface area contributed by atoms with Gasteiger partial charge in [-0.1, -0.05) is 18.2 Å². The van der Waals surface area contributed by atoms with Gasteiger partial charge in [-0.25, -0.2) is 4.98 Å². The third-order valence-electron chi connectivity index (χ3n) is 4.05. The maximum Gasteiger partial charge on any atom is 0.433 e. The van der Waals surface area contributed by atoms with E-state index in [4.69, 9.17) is 4.74 Å². The largest absolute Gasteiger partial charge is 0.493 e. The van der Waals surface area contributed by atoms with E-state index < -0.39 is 11.9 Å². The highest BCUT2D eigenvalue weighted by atomic mass is 19.4. The van der Waals surface area contributed by atoms with Crippen molar-refractivity contribution in [1.29, 1.82) is 0 Å². The van der Waals surface area contributed by atoms with Gasteiger partial charge in [0.2, 0.25) is 5.95 Å². The van der Waals surface area contributed by atoms with Crippen LogP contribution in [0, 0.1) is 0 Å². The van der Waals surface area contributed by atoms with Gasteiger partial charge in [0, 0.05) is 32.6 Å². The molecule has 0 spiro atoms. The fourth-order valence-electron chi connectivity index (χ4n) is 2.73. The summed E-state index contributed by atoms with van der Waals surface area (Å²) in [5, 5.41) is 2.96. The third kappa shape index (κ3) is 3.94. The quantitative estimate of drug-likeness (QED) is 0.912. The maximum atomic E-state index is 13.1. The molecule has 2 heterocycles. The fourth-order valence-corrected chi connectivity index (χ4v) is 2.73. The van der Waals surface area contributed by atoms with Crippen LogP contribution in [0.1, 0.15) is 23.6 Å². The summed E-state index contributed by atoms with van der Waals surface area (Å²) in [7, 11) is 3.28. The monoisotopic (exact) mass is 352 g/mol. The lowest BCUT2D eigenvalue weighted by Gasteiger charge is -2.26. The van der Waals surface area contributed by atoms with Crippen LogP contribution in [0.5, 0.6) is 5.75 Å². The molecule has 1 aliphatic rings. The van der Waals surface area contributed by atoms with Crippen molar-refractivity contribution in [2.24, 2.45) is 0 Å². The number of alkyl halides is 3. The molecule has 25 heavy (non-hydrogen) atoms. The Balaban J connectivity index is 1.81. The average molecular weight is 352 g/mol. The highest BCUT2D eigenvalue weighted by molar-refractivity contribution is 5.45. The van der Waals surface area contributed by atoms with Crippen LogP contribution in [0.25, 0.3) is 0 Å². The molecule has 0 saturated carbocycles. The zero-order chi connectivity index (χ0) is 18.0. The molecule has 134 valence electrons. The van der Waals surface area contributed by atoms with Crippen molar-refractivity contribution in [1.82, 2.24) is 9.97 Å². The Morgan fingerprint density at radius 2 is 2.00 bits per heavy atom. The van der Waals surface area contributed by atoms with Gasteiger partial charge < -0.3 is 15.0 Å². The number of para-hydroxylation sites is 1. The number of nitrogens with zero attached hydrogens (tertiary/aromatic N) is 3. The molecule has 0 saturated heterocycles. The van der Waals surface area contributed by atoms with Crippen molar-refractivity contribution in [2.75, 3.05) is 37.5 Å². The molecular formula is C17H19F3N4O. The van der Waals surface area contributed by atoms with E-state index in [9.17, 15) is 13.2 Å². The number of hydrogen-bond donors (Lipinski definition) is 1. The minimum Gasteiger partial charge on any atom is -0.493 e. The second-order valence-corrected chi connectivity index (χ2v) is 6.08. The zero-order valence-corrected chi connectivity index (χ0v) is 14.0.